The molecule has 3 rings (SSSR count). The molecular weight excluding hydrogens is 326 g/mol. The first-order valence-electron chi connectivity index (χ1n) is 8.63. The van der Waals surface area contributed by atoms with Crippen LogP contribution in [0.15, 0.2) is 18.2 Å². The fraction of sp³-hybridized carbons (Fsp3) is 0.556. The van der Waals surface area contributed by atoms with E-state index in [9.17, 15) is 9.59 Å². The minimum absolute atomic E-state index is 0.0175. The lowest BCUT2D eigenvalue weighted by molar-refractivity contribution is -0.131. The van der Waals surface area contributed by atoms with Crippen molar-refractivity contribution in [3.8, 4) is 0 Å². The molecule has 1 N–H and O–H groups in total. The smallest absolute Gasteiger partial charge is 0.248 e. The van der Waals surface area contributed by atoms with Gasteiger partial charge in [-0.15, -0.1) is 0 Å². The van der Waals surface area contributed by atoms with Crippen LogP contribution in [0.1, 0.15) is 37.7 Å². The first kappa shape index (κ1) is 17.2. The molecule has 5 nitrogen and oxygen atoms in total. The van der Waals surface area contributed by atoms with Crippen LogP contribution in [0, 0.1) is 6.92 Å². The van der Waals surface area contributed by atoms with Gasteiger partial charge >= 0.3 is 0 Å². The van der Waals surface area contributed by atoms with E-state index < -0.39 is 0 Å². The van der Waals surface area contributed by atoms with Crippen molar-refractivity contribution in [3.05, 3.63) is 28.8 Å². The number of halogens is 1. The van der Waals surface area contributed by atoms with E-state index in [1.807, 2.05) is 19.1 Å². The number of amides is 2. The first-order chi connectivity index (χ1) is 11.6. The molecule has 2 aliphatic rings. The Balaban J connectivity index is 1.59. The Morgan fingerprint density at radius 2 is 2.04 bits per heavy atom. The van der Waals surface area contributed by atoms with Gasteiger partial charge in [-0.05, 0) is 37.5 Å². The second kappa shape index (κ2) is 7.53. The number of nitrogens with zero attached hydrogens (tertiary/aromatic N) is 2. The summed E-state index contributed by atoms with van der Waals surface area (Å²) in [4.78, 5) is 28.0. The minimum atomic E-state index is -0.0635. The first-order valence-corrected chi connectivity index (χ1v) is 9.00. The zero-order valence-corrected chi connectivity index (χ0v) is 14.8. The molecule has 6 heteroatoms. The molecule has 0 unspecified atom stereocenters. The van der Waals surface area contributed by atoms with Crippen LogP contribution in [0.2, 0.25) is 5.02 Å². The molecule has 130 valence electrons. The zero-order chi connectivity index (χ0) is 17.1. The van der Waals surface area contributed by atoms with Crippen LogP contribution in [0.25, 0.3) is 0 Å². The van der Waals surface area contributed by atoms with E-state index >= 15 is 0 Å². The molecule has 1 saturated carbocycles. The van der Waals surface area contributed by atoms with Gasteiger partial charge in [0.05, 0.1) is 6.54 Å². The Hall–Kier alpha value is -1.59. The van der Waals surface area contributed by atoms with Gasteiger partial charge < -0.3 is 10.2 Å². The Morgan fingerprint density at radius 3 is 2.79 bits per heavy atom. The molecule has 1 saturated heterocycles. The Kier molecular flexibility index (Phi) is 5.41. The van der Waals surface area contributed by atoms with Crippen molar-refractivity contribution in [3.63, 3.8) is 0 Å². The summed E-state index contributed by atoms with van der Waals surface area (Å²) in [6.07, 6.45) is 6.03. The highest BCUT2D eigenvalue weighted by molar-refractivity contribution is 6.31. The van der Waals surface area contributed by atoms with Crippen molar-refractivity contribution in [2.75, 3.05) is 24.7 Å². The number of hydrogen-bond acceptors (Lipinski definition) is 3. The van der Waals surface area contributed by atoms with E-state index in [2.05, 4.69) is 5.32 Å². The van der Waals surface area contributed by atoms with Crippen LogP contribution in [0.3, 0.4) is 0 Å². The third-order valence-electron chi connectivity index (χ3n) is 4.97. The van der Waals surface area contributed by atoms with Gasteiger partial charge in [-0.3, -0.25) is 14.5 Å². The number of carbonyl (C=O) groups excluding carboxylic acids is 2. The van der Waals surface area contributed by atoms with Crippen LogP contribution in [-0.4, -0.2) is 42.5 Å². The predicted molar refractivity (Wildman–Crippen MR) is 95.1 cm³/mol. The number of nitrogens with one attached hydrogen (secondary N) is 1. The van der Waals surface area contributed by atoms with Crippen molar-refractivity contribution in [2.24, 2.45) is 0 Å². The summed E-state index contributed by atoms with van der Waals surface area (Å²) in [5.41, 5.74) is 1.64. The Bertz CT molecular complexity index is 629. The lowest BCUT2D eigenvalue weighted by atomic mass is 9.95. The van der Waals surface area contributed by atoms with Gasteiger partial charge in [-0.1, -0.05) is 36.9 Å². The fourth-order valence-electron chi connectivity index (χ4n) is 3.46. The molecule has 1 aliphatic carbocycles. The molecule has 0 radical (unpaired) electrons. The van der Waals surface area contributed by atoms with E-state index in [-0.39, 0.29) is 18.4 Å². The third-order valence-corrected chi connectivity index (χ3v) is 5.38. The van der Waals surface area contributed by atoms with Crippen molar-refractivity contribution in [2.45, 2.75) is 45.1 Å². The van der Waals surface area contributed by atoms with Crippen LogP contribution in [-0.2, 0) is 9.59 Å². The van der Waals surface area contributed by atoms with E-state index in [1.54, 1.807) is 15.9 Å². The molecule has 0 bridgehead atoms. The topological polar surface area (TPSA) is 52.6 Å². The number of anilines is 1. The second-order valence-electron chi connectivity index (χ2n) is 6.65. The molecule has 0 aromatic heterocycles. The van der Waals surface area contributed by atoms with Crippen molar-refractivity contribution < 1.29 is 9.59 Å². The van der Waals surface area contributed by atoms with Crippen LogP contribution < -0.4 is 10.2 Å². The maximum absolute atomic E-state index is 12.4. The number of hydrogen-bond donors (Lipinski definition) is 1. The quantitative estimate of drug-likeness (QED) is 0.909. The number of benzene rings is 1. The third kappa shape index (κ3) is 3.73. The van der Waals surface area contributed by atoms with E-state index in [0.717, 1.165) is 24.1 Å². The van der Waals surface area contributed by atoms with E-state index in [0.29, 0.717) is 24.3 Å². The highest BCUT2D eigenvalue weighted by Crippen LogP contribution is 2.28. The number of rotatable bonds is 4. The average Bonchev–Trinajstić information content (AvgIpc) is 2.98. The van der Waals surface area contributed by atoms with Gasteiger partial charge in [0.2, 0.25) is 11.8 Å². The molecule has 2 amide bonds. The highest BCUT2D eigenvalue weighted by Gasteiger charge is 2.32. The number of carbonyl (C=O) groups is 2. The predicted octanol–water partition coefficient (Wildman–Crippen LogP) is 2.70. The molecule has 1 aromatic rings. The second-order valence-corrected chi connectivity index (χ2v) is 7.06. The molecule has 1 aromatic carbocycles. The lowest BCUT2D eigenvalue weighted by Crippen LogP contribution is -2.42. The van der Waals surface area contributed by atoms with Crippen LogP contribution in [0.4, 0.5) is 5.69 Å². The molecule has 1 aliphatic heterocycles. The van der Waals surface area contributed by atoms with Gasteiger partial charge in [0, 0.05) is 16.8 Å². The van der Waals surface area contributed by atoms with E-state index in [4.69, 9.17) is 11.6 Å². The molecule has 1 heterocycles. The van der Waals surface area contributed by atoms with Gasteiger partial charge in [0.15, 0.2) is 0 Å². The zero-order valence-electron chi connectivity index (χ0n) is 14.1. The molecule has 24 heavy (non-hydrogen) atoms. The van der Waals surface area contributed by atoms with Gasteiger partial charge in [0.1, 0.15) is 13.2 Å². The summed E-state index contributed by atoms with van der Waals surface area (Å²) in [5.74, 6) is -0.0810. The summed E-state index contributed by atoms with van der Waals surface area (Å²) >= 11 is 6.15. The van der Waals surface area contributed by atoms with Crippen LogP contribution >= 0.6 is 11.6 Å². The minimum Gasteiger partial charge on any atom is -0.314 e. The normalized spacial score (nSPS) is 19.2. The Morgan fingerprint density at radius 1 is 1.29 bits per heavy atom. The summed E-state index contributed by atoms with van der Waals surface area (Å²) in [6, 6.07) is 5.94. The SMILES string of the molecule is Cc1c(Cl)cccc1N1CN(C(=O)CNC2CCCCC2)CC1=O. The van der Waals surface area contributed by atoms with Gasteiger partial charge in [-0.2, -0.15) is 0 Å². The summed E-state index contributed by atoms with van der Waals surface area (Å²) in [7, 11) is 0. The fourth-order valence-corrected chi connectivity index (χ4v) is 3.63. The van der Waals surface area contributed by atoms with Gasteiger partial charge in [0.25, 0.3) is 0 Å². The Labute approximate surface area is 147 Å². The summed E-state index contributed by atoms with van der Waals surface area (Å²) < 4.78 is 0. The molecular formula is C18H24ClN3O2. The maximum atomic E-state index is 12.4. The summed E-state index contributed by atoms with van der Waals surface area (Å²) in [6.45, 7) is 2.63. The molecule has 0 atom stereocenters. The lowest BCUT2D eigenvalue weighted by Gasteiger charge is -2.24. The largest absolute Gasteiger partial charge is 0.314 e. The summed E-state index contributed by atoms with van der Waals surface area (Å²) in [5, 5.41) is 3.97. The van der Waals surface area contributed by atoms with E-state index in [1.165, 1.54) is 19.3 Å². The van der Waals surface area contributed by atoms with Crippen LogP contribution in [0.5, 0.6) is 0 Å². The standard InChI is InChI=1S/C18H24ClN3O2/c1-13-15(19)8-5-9-16(13)22-12-21(11-18(22)24)17(23)10-20-14-6-3-2-4-7-14/h5,8-9,14,20H,2-4,6-7,10-12H2,1H3. The van der Waals surface area contributed by atoms with Crippen molar-refractivity contribution >= 4 is 29.1 Å². The van der Waals surface area contributed by atoms with Gasteiger partial charge in [-0.25, -0.2) is 0 Å². The van der Waals surface area contributed by atoms with Crippen molar-refractivity contribution in [1.82, 2.24) is 10.2 Å². The average molecular weight is 350 g/mol. The van der Waals surface area contributed by atoms with Crippen molar-refractivity contribution in [1.29, 1.82) is 0 Å². The maximum Gasteiger partial charge on any atom is 0.248 e. The molecule has 0 spiro atoms. The monoisotopic (exact) mass is 349 g/mol. The highest BCUT2D eigenvalue weighted by atomic mass is 35.5. The molecule has 2 fully saturated rings.